The predicted molar refractivity (Wildman–Crippen MR) is 62.7 cm³/mol. The second kappa shape index (κ2) is 4.25. The van der Waals surface area contributed by atoms with E-state index in [9.17, 15) is 4.79 Å². The minimum absolute atomic E-state index is 0.404. The Morgan fingerprint density at radius 2 is 1.94 bits per heavy atom. The lowest BCUT2D eigenvalue weighted by Crippen LogP contribution is -2.21. The molecule has 0 aliphatic heterocycles. The van der Waals surface area contributed by atoms with Gasteiger partial charge in [0.15, 0.2) is 0 Å². The summed E-state index contributed by atoms with van der Waals surface area (Å²) in [7, 11) is 0. The maximum atomic E-state index is 11.8. The van der Waals surface area contributed by atoms with Crippen molar-refractivity contribution in [2.45, 2.75) is 0 Å². The van der Waals surface area contributed by atoms with Crippen molar-refractivity contribution in [2.75, 3.05) is 0 Å². The molecule has 18 heavy (non-hydrogen) atoms. The molecule has 2 heterocycles. The van der Waals surface area contributed by atoms with Crippen molar-refractivity contribution in [3.63, 3.8) is 0 Å². The summed E-state index contributed by atoms with van der Waals surface area (Å²) in [5.74, 6) is -0.506. The highest BCUT2D eigenvalue weighted by Crippen LogP contribution is 2.06. The average Bonchev–Trinajstić information content (AvgIpc) is 2.83. The Kier molecular flexibility index (Phi) is 2.45. The average molecular weight is 240 g/mol. The van der Waals surface area contributed by atoms with E-state index in [1.807, 2.05) is 6.07 Å². The van der Waals surface area contributed by atoms with Crippen molar-refractivity contribution in [3.8, 4) is 0 Å². The minimum Gasteiger partial charge on any atom is -0.310 e. The van der Waals surface area contributed by atoms with Gasteiger partial charge in [0, 0.05) is 6.20 Å². The van der Waals surface area contributed by atoms with E-state index in [-0.39, 0.29) is 0 Å². The molecule has 3 aromatic rings. The van der Waals surface area contributed by atoms with Crippen LogP contribution in [0.4, 0.5) is 0 Å². The Labute approximate surface area is 102 Å². The molecule has 88 valence electrons. The van der Waals surface area contributed by atoms with Crippen LogP contribution in [0.2, 0.25) is 0 Å². The highest BCUT2D eigenvalue weighted by molar-refractivity contribution is 5.89. The van der Waals surface area contributed by atoms with Gasteiger partial charge in [0.25, 0.3) is 0 Å². The van der Waals surface area contributed by atoms with Crippen LogP contribution < -0.4 is 4.84 Å². The van der Waals surface area contributed by atoms with Crippen molar-refractivity contribution in [3.05, 3.63) is 54.2 Å². The van der Waals surface area contributed by atoms with Gasteiger partial charge in [0.05, 0.1) is 5.56 Å². The first-order valence-electron chi connectivity index (χ1n) is 5.29. The van der Waals surface area contributed by atoms with E-state index in [0.29, 0.717) is 16.7 Å². The summed E-state index contributed by atoms with van der Waals surface area (Å²) in [6, 6.07) is 12.1. The van der Waals surface area contributed by atoms with Gasteiger partial charge in [-0.2, -0.15) is 0 Å². The van der Waals surface area contributed by atoms with E-state index in [2.05, 4.69) is 15.3 Å². The molecule has 1 aromatic carbocycles. The van der Waals surface area contributed by atoms with Crippen LogP contribution in [0.15, 0.2) is 48.7 Å². The molecule has 0 radical (unpaired) electrons. The molecule has 3 rings (SSSR count). The zero-order valence-corrected chi connectivity index (χ0v) is 9.22. The number of rotatable bonds is 2. The van der Waals surface area contributed by atoms with E-state index in [4.69, 9.17) is 4.84 Å². The van der Waals surface area contributed by atoms with Gasteiger partial charge < -0.3 is 4.84 Å². The van der Waals surface area contributed by atoms with Gasteiger partial charge in [-0.05, 0) is 34.3 Å². The molecule has 0 bridgehead atoms. The second-order valence-corrected chi connectivity index (χ2v) is 3.55. The Hall–Kier alpha value is -2.76. The highest BCUT2D eigenvalue weighted by atomic mass is 16.7. The van der Waals surface area contributed by atoms with Gasteiger partial charge in [-0.25, -0.2) is 9.78 Å². The molecule has 0 spiro atoms. The number of benzene rings is 1. The minimum atomic E-state index is -0.506. The standard InChI is InChI=1S/C12H8N4O2/c17-12(9-5-2-1-3-6-9)18-16-11-10(14-15-16)7-4-8-13-11/h1-8H. The summed E-state index contributed by atoms with van der Waals surface area (Å²) in [4.78, 5) is 22.0. The predicted octanol–water partition coefficient (Wildman–Crippen LogP) is 1.10. The molecule has 0 unspecified atom stereocenters. The van der Waals surface area contributed by atoms with Crippen LogP contribution in [-0.4, -0.2) is 26.1 Å². The lowest BCUT2D eigenvalue weighted by molar-refractivity contribution is 0.0405. The van der Waals surface area contributed by atoms with Crippen molar-refractivity contribution in [1.82, 2.24) is 20.1 Å². The lowest BCUT2D eigenvalue weighted by atomic mass is 10.2. The van der Waals surface area contributed by atoms with Crippen LogP contribution in [0.25, 0.3) is 11.2 Å². The normalized spacial score (nSPS) is 10.4. The molecule has 0 fully saturated rings. The number of hydrogen-bond donors (Lipinski definition) is 0. The van der Waals surface area contributed by atoms with Crippen LogP contribution >= 0.6 is 0 Å². The van der Waals surface area contributed by atoms with Gasteiger partial charge >= 0.3 is 5.97 Å². The second-order valence-electron chi connectivity index (χ2n) is 3.55. The summed E-state index contributed by atoms with van der Waals surface area (Å²) in [5, 5.41) is 7.56. The molecule has 0 saturated carbocycles. The first-order chi connectivity index (χ1) is 8.84. The smallest absolute Gasteiger partial charge is 0.310 e. The highest BCUT2D eigenvalue weighted by Gasteiger charge is 2.12. The molecule has 6 nitrogen and oxygen atoms in total. The first kappa shape index (κ1) is 10.4. The zero-order chi connectivity index (χ0) is 12.4. The quantitative estimate of drug-likeness (QED) is 0.627. The van der Waals surface area contributed by atoms with Crippen LogP contribution in [-0.2, 0) is 0 Å². The summed E-state index contributed by atoms with van der Waals surface area (Å²) >= 11 is 0. The van der Waals surface area contributed by atoms with E-state index >= 15 is 0 Å². The van der Waals surface area contributed by atoms with Gasteiger partial charge in [0.2, 0.25) is 5.65 Å². The Balaban J connectivity index is 1.91. The number of hydrogen-bond acceptors (Lipinski definition) is 5. The molecule has 0 saturated heterocycles. The van der Waals surface area contributed by atoms with Crippen LogP contribution in [0, 0.1) is 0 Å². The molecule has 0 atom stereocenters. The molecule has 0 aliphatic carbocycles. The van der Waals surface area contributed by atoms with Crippen molar-refractivity contribution in [1.29, 1.82) is 0 Å². The molecule has 6 heteroatoms. The molecular formula is C12H8N4O2. The molecule has 2 aromatic heterocycles. The number of aromatic nitrogens is 4. The molecular weight excluding hydrogens is 232 g/mol. The summed E-state index contributed by atoms with van der Waals surface area (Å²) in [6.45, 7) is 0. The van der Waals surface area contributed by atoms with Gasteiger partial charge in [-0.15, -0.1) is 5.10 Å². The van der Waals surface area contributed by atoms with Gasteiger partial charge in [-0.3, -0.25) is 0 Å². The number of pyridine rings is 1. The van der Waals surface area contributed by atoms with Crippen LogP contribution in [0.5, 0.6) is 0 Å². The third-order valence-electron chi connectivity index (χ3n) is 2.36. The lowest BCUT2D eigenvalue weighted by Gasteiger charge is -2.01. The maximum Gasteiger partial charge on any atom is 0.365 e. The van der Waals surface area contributed by atoms with Crippen molar-refractivity contribution >= 4 is 17.1 Å². The zero-order valence-electron chi connectivity index (χ0n) is 9.22. The largest absolute Gasteiger partial charge is 0.365 e. The Bertz CT molecular complexity index is 693. The number of fused-ring (bicyclic) bond motifs is 1. The maximum absolute atomic E-state index is 11.8. The fourth-order valence-electron chi connectivity index (χ4n) is 1.51. The van der Waals surface area contributed by atoms with E-state index < -0.39 is 5.97 Å². The van der Waals surface area contributed by atoms with Crippen molar-refractivity contribution in [2.24, 2.45) is 0 Å². The molecule has 0 amide bonds. The fraction of sp³-hybridized carbons (Fsp3) is 0. The van der Waals surface area contributed by atoms with E-state index in [1.54, 1.807) is 42.6 Å². The fourth-order valence-corrected chi connectivity index (χ4v) is 1.51. The van der Waals surface area contributed by atoms with Gasteiger partial charge in [-0.1, -0.05) is 18.2 Å². The summed E-state index contributed by atoms with van der Waals surface area (Å²) in [5.41, 5.74) is 1.41. The molecule has 0 N–H and O–H groups in total. The van der Waals surface area contributed by atoms with Gasteiger partial charge in [0.1, 0.15) is 5.52 Å². The van der Waals surface area contributed by atoms with E-state index in [1.165, 1.54) is 0 Å². The number of carbonyl (C=O) groups excluding carboxylic acids is 1. The SMILES string of the molecule is O=C(On1nnc2cccnc21)c1ccccc1. The molecule has 0 aliphatic rings. The third kappa shape index (κ3) is 1.80. The first-order valence-corrected chi connectivity index (χ1v) is 5.29. The summed E-state index contributed by atoms with van der Waals surface area (Å²) < 4.78 is 0. The third-order valence-corrected chi connectivity index (χ3v) is 2.36. The van der Waals surface area contributed by atoms with Crippen molar-refractivity contribution < 1.29 is 9.63 Å². The monoisotopic (exact) mass is 240 g/mol. The van der Waals surface area contributed by atoms with Crippen LogP contribution in [0.3, 0.4) is 0 Å². The Morgan fingerprint density at radius 1 is 1.11 bits per heavy atom. The summed E-state index contributed by atoms with van der Waals surface area (Å²) in [6.07, 6.45) is 1.58. The number of carbonyl (C=O) groups is 1. The van der Waals surface area contributed by atoms with Crippen LogP contribution in [0.1, 0.15) is 10.4 Å². The number of nitrogens with zero attached hydrogens (tertiary/aromatic N) is 4. The van der Waals surface area contributed by atoms with E-state index in [0.717, 1.165) is 4.85 Å². The Morgan fingerprint density at radius 3 is 2.78 bits per heavy atom. The topological polar surface area (TPSA) is 69.9 Å².